The molecule has 2 aromatic heterocycles. The van der Waals surface area contributed by atoms with Crippen LogP contribution in [0, 0.1) is 0 Å². The highest BCUT2D eigenvalue weighted by Gasteiger charge is 2.23. The molecule has 0 aliphatic heterocycles. The predicted octanol–water partition coefficient (Wildman–Crippen LogP) is 1.79. The number of carbonyl (C=O) groups is 2. The molecule has 0 atom stereocenters. The number of amides is 1. The van der Waals surface area contributed by atoms with Gasteiger partial charge in [0.25, 0.3) is 11.5 Å². The number of fused-ring (bicyclic) bond motifs is 1. The van der Waals surface area contributed by atoms with Gasteiger partial charge in [0, 0.05) is 20.3 Å². The van der Waals surface area contributed by atoms with E-state index < -0.39 is 23.1 Å². The molecule has 1 N–H and O–H groups in total. The van der Waals surface area contributed by atoms with Crippen molar-refractivity contribution in [1.29, 1.82) is 0 Å². The number of hydrogen-bond donors (Lipinski definition) is 1. The average Bonchev–Trinajstić information content (AvgIpc) is 2.74. The molecule has 3 aromatic rings. The number of nitrogens with one attached hydrogen (secondary N) is 1. The molecule has 9 heteroatoms. The molecular weight excluding hydrogens is 388 g/mol. The minimum atomic E-state index is -0.650. The van der Waals surface area contributed by atoms with E-state index in [-0.39, 0.29) is 33.8 Å². The third kappa shape index (κ3) is 3.38. The first-order valence-electron chi connectivity index (χ1n) is 9.26. The van der Waals surface area contributed by atoms with Crippen molar-refractivity contribution >= 4 is 28.6 Å². The number of aromatic nitrogens is 3. The Labute approximate surface area is 171 Å². The van der Waals surface area contributed by atoms with Crippen molar-refractivity contribution in [3.63, 3.8) is 0 Å². The monoisotopic (exact) mass is 410 g/mol. The zero-order chi connectivity index (χ0) is 22.2. The molecule has 156 valence electrons. The second-order valence-corrected chi connectivity index (χ2v) is 7.14. The van der Waals surface area contributed by atoms with Crippen LogP contribution in [0.3, 0.4) is 0 Å². The van der Waals surface area contributed by atoms with Crippen molar-refractivity contribution in [2.24, 2.45) is 14.1 Å². The van der Waals surface area contributed by atoms with Crippen molar-refractivity contribution < 1.29 is 14.3 Å². The van der Waals surface area contributed by atoms with E-state index in [0.717, 1.165) is 4.57 Å². The Bertz CT molecular complexity index is 1290. The summed E-state index contributed by atoms with van der Waals surface area (Å²) in [6.45, 7) is 3.79. The first kappa shape index (κ1) is 21.0. The summed E-state index contributed by atoms with van der Waals surface area (Å²) < 4.78 is 6.97. The summed E-state index contributed by atoms with van der Waals surface area (Å²) in [4.78, 5) is 54.6. The van der Waals surface area contributed by atoms with Crippen molar-refractivity contribution in [1.82, 2.24) is 14.1 Å². The summed E-state index contributed by atoms with van der Waals surface area (Å²) >= 11 is 0. The summed E-state index contributed by atoms with van der Waals surface area (Å²) in [6.07, 6.45) is 1.54. The van der Waals surface area contributed by atoms with E-state index >= 15 is 0 Å². The number of hydrogen-bond acceptors (Lipinski definition) is 6. The topological polar surface area (TPSA) is 112 Å². The molecule has 1 amide bonds. The SMILES string of the molecule is COC(=O)c1ccccc1C(=O)Nc1c(C(C)C)cnc2c1c(=O)n(C)c(=O)n2C. The first-order chi connectivity index (χ1) is 14.2. The number of methoxy groups -OCH3 is 1. The number of anilines is 1. The fourth-order valence-corrected chi connectivity index (χ4v) is 3.27. The van der Waals surface area contributed by atoms with E-state index in [0.29, 0.717) is 5.56 Å². The highest BCUT2D eigenvalue weighted by molar-refractivity contribution is 6.13. The standard InChI is InChI=1S/C21H22N4O5/c1-11(2)14-10-22-17-15(19(27)25(4)21(29)24(17)3)16(14)23-18(26)12-8-6-7-9-13(12)20(28)30-5/h6-11H,1-5H3,(H,22,23,26). The van der Waals surface area contributed by atoms with E-state index in [2.05, 4.69) is 10.3 Å². The molecule has 2 heterocycles. The summed E-state index contributed by atoms with van der Waals surface area (Å²) in [7, 11) is 4.10. The highest BCUT2D eigenvalue weighted by Crippen LogP contribution is 2.29. The van der Waals surface area contributed by atoms with Gasteiger partial charge in [-0.3, -0.25) is 18.7 Å². The number of rotatable bonds is 4. The summed E-state index contributed by atoms with van der Waals surface area (Å²) in [5, 5.41) is 2.89. The molecular formula is C21H22N4O5. The van der Waals surface area contributed by atoms with E-state index in [1.807, 2.05) is 13.8 Å². The number of ether oxygens (including phenoxy) is 1. The van der Waals surface area contributed by atoms with Gasteiger partial charge in [-0.25, -0.2) is 14.6 Å². The van der Waals surface area contributed by atoms with Crippen molar-refractivity contribution in [2.75, 3.05) is 12.4 Å². The van der Waals surface area contributed by atoms with E-state index in [9.17, 15) is 19.2 Å². The molecule has 1 aromatic carbocycles. The lowest BCUT2D eigenvalue weighted by atomic mass is 10.0. The third-order valence-corrected chi connectivity index (χ3v) is 4.94. The van der Waals surface area contributed by atoms with Gasteiger partial charge in [-0.1, -0.05) is 26.0 Å². The Balaban J connectivity index is 2.27. The van der Waals surface area contributed by atoms with E-state index in [4.69, 9.17) is 4.74 Å². The Morgan fingerprint density at radius 2 is 1.70 bits per heavy atom. The number of pyridine rings is 1. The maximum absolute atomic E-state index is 13.1. The third-order valence-electron chi connectivity index (χ3n) is 4.94. The molecule has 0 fully saturated rings. The molecule has 0 saturated carbocycles. The lowest BCUT2D eigenvalue weighted by Gasteiger charge is -2.18. The van der Waals surface area contributed by atoms with Gasteiger partial charge in [-0.15, -0.1) is 0 Å². The molecule has 0 aliphatic carbocycles. The Kier molecular flexibility index (Phi) is 5.55. The zero-order valence-electron chi connectivity index (χ0n) is 17.3. The lowest BCUT2D eigenvalue weighted by molar-refractivity contribution is 0.0597. The Morgan fingerprint density at radius 1 is 1.07 bits per heavy atom. The van der Waals surface area contributed by atoms with Crippen LogP contribution in [0.2, 0.25) is 0 Å². The number of esters is 1. The van der Waals surface area contributed by atoms with Gasteiger partial charge in [0.15, 0.2) is 5.65 Å². The molecule has 0 radical (unpaired) electrons. The molecule has 3 rings (SSSR count). The fraction of sp³-hybridized carbons (Fsp3) is 0.286. The van der Waals surface area contributed by atoms with E-state index in [1.165, 1.54) is 44.1 Å². The van der Waals surface area contributed by atoms with Crippen LogP contribution in [0.1, 0.15) is 46.0 Å². The van der Waals surface area contributed by atoms with E-state index in [1.54, 1.807) is 12.1 Å². The molecule has 0 bridgehead atoms. The molecule has 0 spiro atoms. The quantitative estimate of drug-likeness (QED) is 0.657. The fourth-order valence-electron chi connectivity index (χ4n) is 3.27. The van der Waals surface area contributed by atoms with Crippen molar-refractivity contribution in [3.05, 3.63) is 68.0 Å². The molecule has 0 saturated heterocycles. The Morgan fingerprint density at radius 3 is 2.30 bits per heavy atom. The van der Waals surface area contributed by atoms with Crippen molar-refractivity contribution in [3.8, 4) is 0 Å². The second-order valence-electron chi connectivity index (χ2n) is 7.14. The van der Waals surface area contributed by atoms with Crippen LogP contribution < -0.4 is 16.6 Å². The number of carbonyl (C=O) groups excluding carboxylic acids is 2. The maximum Gasteiger partial charge on any atom is 0.338 e. The Hall–Kier alpha value is -3.75. The minimum absolute atomic E-state index is 0.0741. The lowest BCUT2D eigenvalue weighted by Crippen LogP contribution is -2.38. The summed E-state index contributed by atoms with van der Waals surface area (Å²) in [5.74, 6) is -1.31. The predicted molar refractivity (Wildman–Crippen MR) is 112 cm³/mol. The van der Waals surface area contributed by atoms with Gasteiger partial charge in [-0.05, 0) is 23.6 Å². The van der Waals surface area contributed by atoms with Gasteiger partial charge >= 0.3 is 11.7 Å². The highest BCUT2D eigenvalue weighted by atomic mass is 16.5. The normalized spacial score (nSPS) is 11.0. The smallest absolute Gasteiger partial charge is 0.338 e. The van der Waals surface area contributed by atoms with Gasteiger partial charge in [-0.2, -0.15) is 0 Å². The van der Waals surface area contributed by atoms with Crippen LogP contribution in [-0.4, -0.2) is 33.1 Å². The van der Waals surface area contributed by atoms with Gasteiger partial charge in [0.1, 0.15) is 5.39 Å². The van der Waals surface area contributed by atoms with Gasteiger partial charge in [0.2, 0.25) is 0 Å². The van der Waals surface area contributed by atoms with Crippen LogP contribution in [-0.2, 0) is 18.8 Å². The maximum atomic E-state index is 13.1. The molecule has 0 unspecified atom stereocenters. The van der Waals surface area contributed by atoms with Gasteiger partial charge in [0.05, 0.1) is 23.9 Å². The number of aryl methyl sites for hydroxylation is 1. The zero-order valence-corrected chi connectivity index (χ0v) is 17.3. The average molecular weight is 410 g/mol. The van der Waals surface area contributed by atoms with Crippen molar-refractivity contribution in [2.45, 2.75) is 19.8 Å². The summed E-state index contributed by atoms with van der Waals surface area (Å²) in [5.41, 5.74) is 0.153. The molecule has 9 nitrogen and oxygen atoms in total. The van der Waals surface area contributed by atoms with Crippen LogP contribution in [0.25, 0.3) is 11.0 Å². The second kappa shape index (κ2) is 7.94. The first-order valence-corrected chi connectivity index (χ1v) is 9.26. The van der Waals surface area contributed by atoms with Gasteiger partial charge < -0.3 is 10.1 Å². The molecule has 0 aliphatic rings. The minimum Gasteiger partial charge on any atom is -0.465 e. The number of benzene rings is 1. The summed E-state index contributed by atoms with van der Waals surface area (Å²) in [6, 6.07) is 6.22. The van der Waals surface area contributed by atoms with Crippen LogP contribution in [0.4, 0.5) is 5.69 Å². The van der Waals surface area contributed by atoms with Crippen LogP contribution >= 0.6 is 0 Å². The largest absolute Gasteiger partial charge is 0.465 e. The van der Waals surface area contributed by atoms with Crippen LogP contribution in [0.15, 0.2) is 40.1 Å². The molecule has 30 heavy (non-hydrogen) atoms. The van der Waals surface area contributed by atoms with Crippen LogP contribution in [0.5, 0.6) is 0 Å². The number of nitrogens with zero attached hydrogens (tertiary/aromatic N) is 3.